The molecule has 3 rings (SSSR count). The molecule has 0 spiro atoms. The maximum absolute atomic E-state index is 10.0. The number of hydrogen-bond donors (Lipinski definition) is 1. The fourth-order valence-corrected chi connectivity index (χ4v) is 2.58. The lowest BCUT2D eigenvalue weighted by Gasteiger charge is -2.07. The van der Waals surface area contributed by atoms with Gasteiger partial charge in [0.25, 0.3) is 0 Å². The molecule has 108 valence electrons. The second-order valence-corrected chi connectivity index (χ2v) is 5.42. The minimum atomic E-state index is -0.360. The molecule has 1 unspecified atom stereocenters. The standard InChI is InChI=1S/C18H20N2O/c1-2-5-18(21)15-10-11-20(12-15)13-16-9-8-14-6-3-4-7-17(14)19-16/h3-4,6-12,18,21H,2,5,13H2,1H3. The Kier molecular flexibility index (Phi) is 4.02. The lowest BCUT2D eigenvalue weighted by atomic mass is 10.1. The number of aliphatic hydroxyl groups excluding tert-OH is 1. The molecule has 3 heteroatoms. The minimum Gasteiger partial charge on any atom is -0.388 e. The first kappa shape index (κ1) is 13.8. The number of pyridine rings is 1. The summed E-state index contributed by atoms with van der Waals surface area (Å²) in [5.74, 6) is 0. The molecule has 0 amide bonds. The summed E-state index contributed by atoms with van der Waals surface area (Å²) < 4.78 is 2.07. The van der Waals surface area contributed by atoms with Crippen LogP contribution in [0.2, 0.25) is 0 Å². The number of aromatic nitrogens is 2. The molecule has 1 aromatic carbocycles. The predicted molar refractivity (Wildman–Crippen MR) is 85.1 cm³/mol. The van der Waals surface area contributed by atoms with E-state index in [0.29, 0.717) is 0 Å². The largest absolute Gasteiger partial charge is 0.388 e. The van der Waals surface area contributed by atoms with E-state index in [1.54, 1.807) is 0 Å². The van der Waals surface area contributed by atoms with Gasteiger partial charge in [0.15, 0.2) is 0 Å². The topological polar surface area (TPSA) is 38.0 Å². The van der Waals surface area contributed by atoms with Crippen LogP contribution in [0.25, 0.3) is 10.9 Å². The number of nitrogens with zero attached hydrogens (tertiary/aromatic N) is 2. The van der Waals surface area contributed by atoms with E-state index >= 15 is 0 Å². The first-order chi connectivity index (χ1) is 10.3. The van der Waals surface area contributed by atoms with E-state index < -0.39 is 0 Å². The van der Waals surface area contributed by atoms with E-state index in [9.17, 15) is 5.11 Å². The molecule has 0 fully saturated rings. The van der Waals surface area contributed by atoms with Crippen LogP contribution in [0.3, 0.4) is 0 Å². The number of hydrogen-bond acceptors (Lipinski definition) is 2. The van der Waals surface area contributed by atoms with Gasteiger partial charge in [-0.25, -0.2) is 0 Å². The Labute approximate surface area is 124 Å². The van der Waals surface area contributed by atoms with Crippen LogP contribution in [0, 0.1) is 0 Å². The molecule has 0 saturated carbocycles. The summed E-state index contributed by atoms with van der Waals surface area (Å²) in [4.78, 5) is 4.68. The van der Waals surface area contributed by atoms with Crippen LogP contribution in [0.5, 0.6) is 0 Å². The van der Waals surface area contributed by atoms with Crippen LogP contribution in [0.1, 0.15) is 37.1 Å². The zero-order valence-electron chi connectivity index (χ0n) is 12.2. The third kappa shape index (κ3) is 3.14. The van der Waals surface area contributed by atoms with Crippen LogP contribution in [0.4, 0.5) is 0 Å². The van der Waals surface area contributed by atoms with Gasteiger partial charge in [-0.2, -0.15) is 0 Å². The van der Waals surface area contributed by atoms with Gasteiger partial charge in [0, 0.05) is 17.8 Å². The van der Waals surface area contributed by atoms with E-state index in [2.05, 4.69) is 34.7 Å². The molecule has 21 heavy (non-hydrogen) atoms. The van der Waals surface area contributed by atoms with Crippen molar-refractivity contribution in [2.24, 2.45) is 0 Å². The fraction of sp³-hybridized carbons (Fsp3) is 0.278. The summed E-state index contributed by atoms with van der Waals surface area (Å²) in [5.41, 5.74) is 3.03. The lowest BCUT2D eigenvalue weighted by molar-refractivity contribution is 0.166. The van der Waals surface area contributed by atoms with Crippen molar-refractivity contribution < 1.29 is 5.11 Å². The van der Waals surface area contributed by atoms with Crippen molar-refractivity contribution in [3.05, 3.63) is 66.1 Å². The van der Waals surface area contributed by atoms with Crippen molar-refractivity contribution in [2.75, 3.05) is 0 Å². The number of rotatable bonds is 5. The summed E-state index contributed by atoms with van der Waals surface area (Å²) in [5, 5.41) is 11.2. The Morgan fingerprint density at radius 3 is 2.86 bits per heavy atom. The van der Waals surface area contributed by atoms with E-state index in [1.807, 2.05) is 36.7 Å². The van der Waals surface area contributed by atoms with Gasteiger partial charge in [-0.05, 0) is 30.2 Å². The summed E-state index contributed by atoms with van der Waals surface area (Å²) in [7, 11) is 0. The maximum atomic E-state index is 10.0. The Bertz CT molecular complexity index is 733. The quantitative estimate of drug-likeness (QED) is 0.769. The summed E-state index contributed by atoms with van der Waals surface area (Å²) >= 11 is 0. The van der Waals surface area contributed by atoms with Crippen molar-refractivity contribution in [3.8, 4) is 0 Å². The van der Waals surface area contributed by atoms with Gasteiger partial charge in [0.1, 0.15) is 0 Å². The number of benzene rings is 1. The van der Waals surface area contributed by atoms with Crippen molar-refractivity contribution in [1.29, 1.82) is 0 Å². The van der Waals surface area contributed by atoms with Crippen molar-refractivity contribution in [3.63, 3.8) is 0 Å². The van der Waals surface area contributed by atoms with Crippen LogP contribution in [-0.4, -0.2) is 14.7 Å². The van der Waals surface area contributed by atoms with Crippen LogP contribution >= 0.6 is 0 Å². The zero-order valence-corrected chi connectivity index (χ0v) is 12.2. The molecule has 0 saturated heterocycles. The highest BCUT2D eigenvalue weighted by Gasteiger charge is 2.08. The monoisotopic (exact) mass is 280 g/mol. The number of fused-ring (bicyclic) bond motifs is 1. The van der Waals surface area contributed by atoms with E-state index in [1.165, 1.54) is 0 Å². The molecule has 1 atom stereocenters. The minimum absolute atomic E-state index is 0.360. The van der Waals surface area contributed by atoms with Crippen molar-refractivity contribution in [1.82, 2.24) is 9.55 Å². The molecular weight excluding hydrogens is 260 g/mol. The van der Waals surface area contributed by atoms with Gasteiger partial charge in [-0.3, -0.25) is 4.98 Å². The summed E-state index contributed by atoms with van der Waals surface area (Å²) in [6.07, 6.45) is 5.44. The van der Waals surface area contributed by atoms with Gasteiger partial charge in [0.2, 0.25) is 0 Å². The van der Waals surface area contributed by atoms with Gasteiger partial charge in [0.05, 0.1) is 23.9 Å². The van der Waals surface area contributed by atoms with Gasteiger partial charge >= 0.3 is 0 Å². The molecule has 0 radical (unpaired) electrons. The fourth-order valence-electron chi connectivity index (χ4n) is 2.58. The van der Waals surface area contributed by atoms with Crippen LogP contribution in [-0.2, 0) is 6.54 Å². The first-order valence-corrected chi connectivity index (χ1v) is 7.44. The smallest absolute Gasteiger partial charge is 0.0804 e. The molecule has 0 aliphatic rings. The van der Waals surface area contributed by atoms with Crippen molar-refractivity contribution in [2.45, 2.75) is 32.4 Å². The molecule has 0 aliphatic heterocycles. The third-order valence-electron chi connectivity index (χ3n) is 3.72. The number of aliphatic hydroxyl groups is 1. The molecule has 0 aliphatic carbocycles. The number of para-hydroxylation sites is 1. The molecule has 3 nitrogen and oxygen atoms in total. The second-order valence-electron chi connectivity index (χ2n) is 5.42. The highest BCUT2D eigenvalue weighted by Crippen LogP contribution is 2.19. The second kappa shape index (κ2) is 6.10. The Hall–Kier alpha value is -2.13. The highest BCUT2D eigenvalue weighted by atomic mass is 16.3. The van der Waals surface area contributed by atoms with E-state index in [-0.39, 0.29) is 6.10 Å². The molecule has 2 heterocycles. The molecule has 0 bridgehead atoms. The first-order valence-electron chi connectivity index (χ1n) is 7.44. The van der Waals surface area contributed by atoms with Gasteiger partial charge < -0.3 is 9.67 Å². The Morgan fingerprint density at radius 2 is 2.00 bits per heavy atom. The molecule has 2 aromatic heterocycles. The molecule has 3 aromatic rings. The van der Waals surface area contributed by atoms with E-state index in [0.717, 1.165) is 41.5 Å². The molecule has 1 N–H and O–H groups in total. The van der Waals surface area contributed by atoms with Crippen LogP contribution in [0.15, 0.2) is 54.9 Å². The van der Waals surface area contributed by atoms with Crippen LogP contribution < -0.4 is 0 Å². The highest BCUT2D eigenvalue weighted by molar-refractivity contribution is 5.78. The Morgan fingerprint density at radius 1 is 1.14 bits per heavy atom. The van der Waals surface area contributed by atoms with E-state index in [4.69, 9.17) is 0 Å². The average molecular weight is 280 g/mol. The lowest BCUT2D eigenvalue weighted by Crippen LogP contribution is -2.00. The SMILES string of the molecule is CCCC(O)c1ccn(Cc2ccc3ccccc3n2)c1. The normalized spacial score (nSPS) is 12.7. The van der Waals surface area contributed by atoms with Gasteiger partial charge in [-0.15, -0.1) is 0 Å². The summed E-state index contributed by atoms with van der Waals surface area (Å²) in [6.45, 7) is 2.81. The Balaban J connectivity index is 1.78. The van der Waals surface area contributed by atoms with Crippen molar-refractivity contribution >= 4 is 10.9 Å². The average Bonchev–Trinajstić information content (AvgIpc) is 2.96. The van der Waals surface area contributed by atoms with Gasteiger partial charge in [-0.1, -0.05) is 37.6 Å². The zero-order chi connectivity index (χ0) is 14.7. The third-order valence-corrected chi connectivity index (χ3v) is 3.72. The predicted octanol–water partition coefficient (Wildman–Crippen LogP) is 3.92. The maximum Gasteiger partial charge on any atom is 0.0804 e. The summed E-state index contributed by atoms with van der Waals surface area (Å²) in [6, 6.07) is 14.3. The molecular formula is C18H20N2O.